The van der Waals surface area contributed by atoms with Crippen molar-refractivity contribution in [3.8, 4) is 0 Å². The van der Waals surface area contributed by atoms with Crippen LogP contribution in [0, 0.1) is 0 Å². The molecule has 1 aromatic carbocycles. The van der Waals surface area contributed by atoms with Crippen molar-refractivity contribution in [3.63, 3.8) is 0 Å². The summed E-state index contributed by atoms with van der Waals surface area (Å²) >= 11 is 0. The summed E-state index contributed by atoms with van der Waals surface area (Å²) in [6, 6.07) is 12.8. The van der Waals surface area contributed by atoms with E-state index in [0.29, 0.717) is 12.1 Å². The van der Waals surface area contributed by atoms with Crippen molar-refractivity contribution < 1.29 is 4.79 Å². The van der Waals surface area contributed by atoms with Crippen LogP contribution in [0.2, 0.25) is 0 Å². The number of allylic oxidation sites excluding steroid dienone is 1. The molecule has 1 aromatic heterocycles. The lowest BCUT2D eigenvalue weighted by Gasteiger charge is -2.27. The first kappa shape index (κ1) is 15.3. The molecular formula is C19H20N2O2. The van der Waals surface area contributed by atoms with Gasteiger partial charge in [-0.1, -0.05) is 30.3 Å². The third-order valence-corrected chi connectivity index (χ3v) is 4.27. The summed E-state index contributed by atoms with van der Waals surface area (Å²) in [5.74, 6) is -0.0431. The van der Waals surface area contributed by atoms with Crippen LogP contribution in [0.25, 0.3) is 0 Å². The van der Waals surface area contributed by atoms with E-state index >= 15 is 0 Å². The zero-order valence-corrected chi connectivity index (χ0v) is 13.0. The van der Waals surface area contributed by atoms with Crippen LogP contribution < -0.4 is 10.9 Å². The molecule has 1 aliphatic carbocycles. The van der Waals surface area contributed by atoms with E-state index in [1.54, 1.807) is 16.7 Å². The molecule has 0 spiro atoms. The summed E-state index contributed by atoms with van der Waals surface area (Å²) in [6.07, 6.45) is 4.13. The van der Waals surface area contributed by atoms with Gasteiger partial charge in [-0.25, -0.2) is 0 Å². The number of rotatable bonds is 4. The van der Waals surface area contributed by atoms with Crippen LogP contribution in [0.15, 0.2) is 59.9 Å². The van der Waals surface area contributed by atoms with Crippen LogP contribution in [0.5, 0.6) is 0 Å². The van der Waals surface area contributed by atoms with Crippen LogP contribution in [0.3, 0.4) is 0 Å². The Morgan fingerprint density at radius 2 is 2.04 bits per heavy atom. The molecule has 1 heterocycles. The minimum Gasteiger partial charge on any atom is -0.349 e. The number of hydrogen-bond donors (Lipinski definition) is 1. The second kappa shape index (κ2) is 6.65. The summed E-state index contributed by atoms with van der Waals surface area (Å²) in [5.41, 5.74) is 2.89. The van der Waals surface area contributed by atoms with Gasteiger partial charge < -0.3 is 9.88 Å². The minimum atomic E-state index is -0.0431. The number of nitrogens with zero attached hydrogens (tertiary/aromatic N) is 1. The first-order valence-corrected chi connectivity index (χ1v) is 7.87. The molecule has 0 saturated heterocycles. The van der Waals surface area contributed by atoms with Crippen molar-refractivity contribution in [1.29, 1.82) is 0 Å². The highest BCUT2D eigenvalue weighted by atomic mass is 16.1. The topological polar surface area (TPSA) is 51.1 Å². The van der Waals surface area contributed by atoms with Gasteiger partial charge in [-0.15, -0.1) is 6.58 Å². The van der Waals surface area contributed by atoms with Gasteiger partial charge >= 0.3 is 0 Å². The van der Waals surface area contributed by atoms with E-state index in [4.69, 9.17) is 0 Å². The van der Waals surface area contributed by atoms with Crippen molar-refractivity contribution in [2.75, 3.05) is 0 Å². The van der Waals surface area contributed by atoms with Crippen molar-refractivity contribution in [3.05, 3.63) is 82.3 Å². The zero-order valence-electron chi connectivity index (χ0n) is 13.0. The Balaban J connectivity index is 1.76. The summed E-state index contributed by atoms with van der Waals surface area (Å²) in [5, 5.41) is 3.10. The third kappa shape index (κ3) is 3.26. The molecule has 0 saturated carbocycles. The van der Waals surface area contributed by atoms with Gasteiger partial charge in [0.15, 0.2) is 0 Å². The Hall–Kier alpha value is -2.62. The van der Waals surface area contributed by atoms with E-state index in [2.05, 4.69) is 11.9 Å². The molecule has 0 aliphatic heterocycles. The molecule has 1 amide bonds. The van der Waals surface area contributed by atoms with Gasteiger partial charge in [0.1, 0.15) is 0 Å². The van der Waals surface area contributed by atoms with E-state index in [-0.39, 0.29) is 17.5 Å². The van der Waals surface area contributed by atoms with Crippen LogP contribution in [-0.2, 0) is 19.4 Å². The average Bonchev–Trinajstić information content (AvgIpc) is 2.58. The number of fused-ring (bicyclic) bond motifs is 1. The number of carbonyl (C=O) groups is 1. The van der Waals surface area contributed by atoms with Gasteiger partial charge in [0.05, 0.1) is 0 Å². The third-order valence-electron chi connectivity index (χ3n) is 4.27. The molecule has 118 valence electrons. The quantitative estimate of drug-likeness (QED) is 0.881. The van der Waals surface area contributed by atoms with E-state index in [1.807, 2.05) is 36.4 Å². The summed E-state index contributed by atoms with van der Waals surface area (Å²) in [7, 11) is 0. The van der Waals surface area contributed by atoms with Crippen LogP contribution in [-0.4, -0.2) is 16.5 Å². The minimum absolute atomic E-state index is 0.00965. The molecule has 0 fully saturated rings. The fourth-order valence-electron chi connectivity index (χ4n) is 3.13. The lowest BCUT2D eigenvalue weighted by molar-refractivity contribution is 0.0933. The SMILES string of the molecule is C=CCn1c2c(ccc1=O)CC(NC(=O)c1ccccc1)CC2. The van der Waals surface area contributed by atoms with Crippen molar-refractivity contribution >= 4 is 5.91 Å². The molecule has 1 unspecified atom stereocenters. The highest BCUT2D eigenvalue weighted by molar-refractivity contribution is 5.94. The van der Waals surface area contributed by atoms with Crippen LogP contribution in [0.1, 0.15) is 28.0 Å². The predicted octanol–water partition coefficient (Wildman–Crippen LogP) is 2.32. The molecule has 4 nitrogen and oxygen atoms in total. The fourth-order valence-corrected chi connectivity index (χ4v) is 3.13. The fraction of sp³-hybridized carbons (Fsp3) is 0.263. The Morgan fingerprint density at radius 3 is 2.78 bits per heavy atom. The number of benzene rings is 1. The molecule has 23 heavy (non-hydrogen) atoms. The maximum absolute atomic E-state index is 12.3. The highest BCUT2D eigenvalue weighted by Crippen LogP contribution is 2.20. The van der Waals surface area contributed by atoms with Crippen molar-refractivity contribution in [2.45, 2.75) is 31.8 Å². The smallest absolute Gasteiger partial charge is 0.251 e. The average molecular weight is 308 g/mol. The number of nitrogens with one attached hydrogen (secondary N) is 1. The molecule has 0 radical (unpaired) electrons. The molecule has 4 heteroatoms. The Bertz CT molecular complexity index is 778. The summed E-state index contributed by atoms with van der Waals surface area (Å²) in [4.78, 5) is 24.2. The summed E-state index contributed by atoms with van der Waals surface area (Å²) < 4.78 is 1.78. The molecule has 2 aromatic rings. The Labute approximate surface area is 135 Å². The van der Waals surface area contributed by atoms with Crippen LogP contribution in [0.4, 0.5) is 0 Å². The second-order valence-corrected chi connectivity index (χ2v) is 5.82. The van der Waals surface area contributed by atoms with Crippen molar-refractivity contribution in [2.24, 2.45) is 0 Å². The summed E-state index contributed by atoms with van der Waals surface area (Å²) in [6.45, 7) is 4.25. The maximum atomic E-state index is 12.3. The van der Waals surface area contributed by atoms with Gasteiger partial charge in [0.25, 0.3) is 11.5 Å². The van der Waals surface area contributed by atoms with Gasteiger partial charge in [0, 0.05) is 29.9 Å². The van der Waals surface area contributed by atoms with E-state index in [0.717, 1.165) is 30.5 Å². The molecule has 3 rings (SSSR count). The normalized spacial score (nSPS) is 16.4. The van der Waals surface area contributed by atoms with Gasteiger partial charge in [-0.05, 0) is 37.0 Å². The number of amides is 1. The molecular weight excluding hydrogens is 288 g/mol. The number of hydrogen-bond acceptors (Lipinski definition) is 2. The molecule has 0 bridgehead atoms. The number of carbonyl (C=O) groups excluding carboxylic acids is 1. The largest absolute Gasteiger partial charge is 0.349 e. The standard InChI is InChI=1S/C19H20N2O2/c1-2-12-21-17-10-9-16(13-15(17)8-11-18(21)22)20-19(23)14-6-4-3-5-7-14/h2-8,11,16H,1,9-10,12-13H2,(H,20,23). The first-order chi connectivity index (χ1) is 11.2. The Kier molecular flexibility index (Phi) is 4.42. The number of aromatic nitrogens is 1. The van der Waals surface area contributed by atoms with Gasteiger partial charge in [-0.2, -0.15) is 0 Å². The molecule has 1 N–H and O–H groups in total. The lowest BCUT2D eigenvalue weighted by atomic mass is 9.91. The molecule has 1 atom stereocenters. The Morgan fingerprint density at radius 1 is 1.26 bits per heavy atom. The van der Waals surface area contributed by atoms with Gasteiger partial charge in [0.2, 0.25) is 0 Å². The van der Waals surface area contributed by atoms with Crippen LogP contribution >= 0.6 is 0 Å². The van der Waals surface area contributed by atoms with E-state index in [1.165, 1.54) is 0 Å². The van der Waals surface area contributed by atoms with Gasteiger partial charge in [-0.3, -0.25) is 9.59 Å². The van der Waals surface area contributed by atoms with Crippen molar-refractivity contribution in [1.82, 2.24) is 9.88 Å². The maximum Gasteiger partial charge on any atom is 0.251 e. The van der Waals surface area contributed by atoms with E-state index in [9.17, 15) is 9.59 Å². The number of pyridine rings is 1. The predicted molar refractivity (Wildman–Crippen MR) is 90.6 cm³/mol. The molecule has 1 aliphatic rings. The first-order valence-electron chi connectivity index (χ1n) is 7.87. The lowest BCUT2D eigenvalue weighted by Crippen LogP contribution is -2.40. The highest BCUT2D eigenvalue weighted by Gasteiger charge is 2.22. The zero-order chi connectivity index (χ0) is 16.2. The van der Waals surface area contributed by atoms with E-state index < -0.39 is 0 Å². The second-order valence-electron chi connectivity index (χ2n) is 5.82. The monoisotopic (exact) mass is 308 g/mol.